The molecule has 0 aromatic carbocycles. The average molecular weight is 356 g/mol. The molecule has 9 heteroatoms. The highest BCUT2D eigenvalue weighted by molar-refractivity contribution is 7.89. The van der Waals surface area contributed by atoms with E-state index in [4.69, 9.17) is 4.74 Å². The Labute approximate surface area is 142 Å². The minimum Gasteiger partial charge on any atom is -0.379 e. The zero-order chi connectivity index (χ0) is 17.3. The van der Waals surface area contributed by atoms with Crippen LogP contribution in [0.3, 0.4) is 0 Å². The number of aromatic nitrogens is 2. The summed E-state index contributed by atoms with van der Waals surface area (Å²) >= 11 is 0. The average Bonchev–Trinajstić information content (AvgIpc) is 3.13. The van der Waals surface area contributed by atoms with E-state index in [0.717, 1.165) is 36.9 Å². The van der Waals surface area contributed by atoms with Crippen molar-refractivity contribution in [2.24, 2.45) is 5.92 Å². The molecule has 0 unspecified atom stereocenters. The highest BCUT2D eigenvalue weighted by Crippen LogP contribution is 2.23. The number of nitrogens with zero attached hydrogens (tertiary/aromatic N) is 2. The maximum atomic E-state index is 12.6. The van der Waals surface area contributed by atoms with Crippen LogP contribution >= 0.6 is 0 Å². The van der Waals surface area contributed by atoms with E-state index in [9.17, 15) is 13.2 Å². The molecule has 134 valence electrons. The Morgan fingerprint density at radius 2 is 2.08 bits per heavy atom. The molecule has 0 saturated carbocycles. The monoisotopic (exact) mass is 356 g/mol. The number of carbonyl (C=O) groups excluding carboxylic acids is 1. The van der Waals surface area contributed by atoms with E-state index >= 15 is 0 Å². The minimum atomic E-state index is -3.34. The van der Waals surface area contributed by atoms with Crippen LogP contribution in [0.15, 0.2) is 0 Å². The molecule has 1 aromatic rings. The number of aryl methyl sites for hydroxylation is 1. The Bertz CT molecular complexity index is 713. The van der Waals surface area contributed by atoms with Crippen molar-refractivity contribution < 1.29 is 17.9 Å². The van der Waals surface area contributed by atoms with Crippen LogP contribution in [0.5, 0.6) is 0 Å². The van der Waals surface area contributed by atoms with Crippen molar-refractivity contribution in [1.29, 1.82) is 0 Å². The molecule has 2 heterocycles. The van der Waals surface area contributed by atoms with E-state index in [2.05, 4.69) is 15.5 Å². The first-order chi connectivity index (χ1) is 11.4. The van der Waals surface area contributed by atoms with Gasteiger partial charge in [0.1, 0.15) is 0 Å². The zero-order valence-corrected chi connectivity index (χ0v) is 14.9. The Morgan fingerprint density at radius 3 is 2.83 bits per heavy atom. The van der Waals surface area contributed by atoms with Crippen LogP contribution in [0.2, 0.25) is 0 Å². The standard InChI is InChI=1S/C15H24N4O4S/c1-19(2)24(21,22)9-10-7-23-8-13(10)16-15(20)14-11-5-3-4-6-12(11)17-18-14/h10,13H,3-9H2,1-2H3,(H,16,20)(H,17,18)/t10-,13+/m0/s1. The molecule has 0 bridgehead atoms. The highest BCUT2D eigenvalue weighted by atomic mass is 32.2. The summed E-state index contributed by atoms with van der Waals surface area (Å²) in [6.07, 6.45) is 3.94. The van der Waals surface area contributed by atoms with Gasteiger partial charge in [-0.3, -0.25) is 9.89 Å². The van der Waals surface area contributed by atoms with Crippen molar-refractivity contribution in [2.45, 2.75) is 31.7 Å². The lowest BCUT2D eigenvalue weighted by molar-refractivity contribution is 0.0920. The third-order valence-electron chi connectivity index (χ3n) is 4.77. The van der Waals surface area contributed by atoms with Crippen LogP contribution in [-0.2, 0) is 27.6 Å². The van der Waals surface area contributed by atoms with E-state index in [-0.39, 0.29) is 23.6 Å². The number of H-pyrrole nitrogens is 1. The largest absolute Gasteiger partial charge is 0.379 e. The molecule has 1 saturated heterocycles. The fourth-order valence-electron chi connectivity index (χ4n) is 3.25. The third kappa shape index (κ3) is 3.47. The van der Waals surface area contributed by atoms with Gasteiger partial charge in [-0.25, -0.2) is 12.7 Å². The molecule has 0 radical (unpaired) electrons. The molecule has 1 aromatic heterocycles. The van der Waals surface area contributed by atoms with Crippen LogP contribution in [0, 0.1) is 5.92 Å². The smallest absolute Gasteiger partial charge is 0.272 e. The lowest BCUT2D eigenvalue weighted by Crippen LogP contribution is -2.44. The van der Waals surface area contributed by atoms with E-state index in [1.54, 1.807) is 0 Å². The molecular weight excluding hydrogens is 332 g/mol. The number of amides is 1. The van der Waals surface area contributed by atoms with Gasteiger partial charge in [0.05, 0.1) is 25.0 Å². The van der Waals surface area contributed by atoms with Crippen molar-refractivity contribution in [3.05, 3.63) is 17.0 Å². The van der Waals surface area contributed by atoms with E-state index in [0.29, 0.717) is 18.9 Å². The number of sulfonamides is 1. The van der Waals surface area contributed by atoms with Crippen LogP contribution in [0.25, 0.3) is 0 Å². The number of nitrogens with one attached hydrogen (secondary N) is 2. The predicted molar refractivity (Wildman–Crippen MR) is 88.3 cm³/mol. The first kappa shape index (κ1) is 17.4. The molecule has 1 aliphatic carbocycles. The molecule has 1 aliphatic heterocycles. The van der Waals surface area contributed by atoms with Gasteiger partial charge in [0.15, 0.2) is 5.69 Å². The summed E-state index contributed by atoms with van der Waals surface area (Å²) in [5.41, 5.74) is 2.47. The predicted octanol–water partition coefficient (Wildman–Crippen LogP) is -0.0753. The molecule has 2 N–H and O–H groups in total. The molecule has 8 nitrogen and oxygen atoms in total. The molecule has 1 fully saturated rings. The summed E-state index contributed by atoms with van der Waals surface area (Å²) in [6.45, 7) is 0.655. The van der Waals surface area contributed by atoms with E-state index in [1.165, 1.54) is 18.4 Å². The van der Waals surface area contributed by atoms with E-state index in [1.807, 2.05) is 0 Å². The van der Waals surface area contributed by atoms with Gasteiger partial charge in [-0.2, -0.15) is 5.10 Å². The quantitative estimate of drug-likeness (QED) is 0.768. The number of carbonyl (C=O) groups is 1. The first-order valence-corrected chi connectivity index (χ1v) is 9.84. The van der Waals surface area contributed by atoms with Gasteiger partial charge in [0.2, 0.25) is 10.0 Å². The Morgan fingerprint density at radius 1 is 1.33 bits per heavy atom. The van der Waals surface area contributed by atoms with Crippen molar-refractivity contribution >= 4 is 15.9 Å². The van der Waals surface area contributed by atoms with Crippen molar-refractivity contribution in [3.63, 3.8) is 0 Å². The Kier molecular flexibility index (Phi) is 4.93. The Hall–Kier alpha value is -1.45. The fourth-order valence-corrected chi connectivity index (χ4v) is 4.42. The molecule has 2 atom stereocenters. The van der Waals surface area contributed by atoms with Crippen LogP contribution in [0.1, 0.15) is 34.6 Å². The molecule has 2 aliphatic rings. The van der Waals surface area contributed by atoms with Gasteiger partial charge < -0.3 is 10.1 Å². The van der Waals surface area contributed by atoms with Gasteiger partial charge in [-0.1, -0.05) is 0 Å². The van der Waals surface area contributed by atoms with Gasteiger partial charge in [0.25, 0.3) is 5.91 Å². The molecule has 3 rings (SSSR count). The molecular formula is C15H24N4O4S. The van der Waals surface area contributed by atoms with Crippen molar-refractivity contribution in [2.75, 3.05) is 33.1 Å². The second-order valence-corrected chi connectivity index (χ2v) is 8.90. The number of aromatic amines is 1. The van der Waals surface area contributed by atoms with Crippen LogP contribution in [-0.4, -0.2) is 67.9 Å². The highest BCUT2D eigenvalue weighted by Gasteiger charge is 2.35. The Balaban J connectivity index is 1.68. The summed E-state index contributed by atoms with van der Waals surface area (Å²) in [5, 5.41) is 10.0. The fraction of sp³-hybridized carbons (Fsp3) is 0.733. The van der Waals surface area contributed by atoms with Gasteiger partial charge in [0, 0.05) is 31.3 Å². The summed E-state index contributed by atoms with van der Waals surface area (Å²) in [5.74, 6) is -0.544. The lowest BCUT2D eigenvalue weighted by Gasteiger charge is -2.21. The maximum absolute atomic E-state index is 12.6. The molecule has 0 spiro atoms. The number of ether oxygens (including phenoxy) is 1. The summed E-state index contributed by atoms with van der Waals surface area (Å²) in [6, 6.07) is -0.317. The summed E-state index contributed by atoms with van der Waals surface area (Å²) in [4.78, 5) is 12.6. The SMILES string of the molecule is CN(C)S(=O)(=O)C[C@@H]1COC[C@H]1NC(=O)c1n[nH]c2c1CCCC2. The van der Waals surface area contributed by atoms with Gasteiger partial charge >= 0.3 is 0 Å². The van der Waals surface area contributed by atoms with Gasteiger partial charge in [-0.15, -0.1) is 0 Å². The number of hydrogen-bond donors (Lipinski definition) is 2. The zero-order valence-electron chi connectivity index (χ0n) is 14.0. The summed E-state index contributed by atoms with van der Waals surface area (Å²) < 4.78 is 30.8. The van der Waals surface area contributed by atoms with Crippen LogP contribution < -0.4 is 5.32 Å². The van der Waals surface area contributed by atoms with Gasteiger partial charge in [-0.05, 0) is 25.7 Å². The van der Waals surface area contributed by atoms with Crippen molar-refractivity contribution in [3.8, 4) is 0 Å². The number of rotatable bonds is 5. The maximum Gasteiger partial charge on any atom is 0.272 e. The third-order valence-corrected chi connectivity index (χ3v) is 6.73. The topological polar surface area (TPSA) is 104 Å². The first-order valence-electron chi connectivity index (χ1n) is 8.23. The van der Waals surface area contributed by atoms with E-state index < -0.39 is 10.0 Å². The second kappa shape index (κ2) is 6.81. The lowest BCUT2D eigenvalue weighted by atomic mass is 9.95. The summed E-state index contributed by atoms with van der Waals surface area (Å²) in [7, 11) is -0.321. The molecule has 1 amide bonds. The number of hydrogen-bond acceptors (Lipinski definition) is 5. The van der Waals surface area contributed by atoms with Crippen LogP contribution in [0.4, 0.5) is 0 Å². The second-order valence-electron chi connectivity index (χ2n) is 6.67. The normalized spacial score (nSPS) is 24.1. The molecule has 24 heavy (non-hydrogen) atoms. The van der Waals surface area contributed by atoms with Crippen molar-refractivity contribution in [1.82, 2.24) is 19.8 Å². The number of fused-ring (bicyclic) bond motifs is 1. The minimum absolute atomic E-state index is 0.0381.